The number of hydrogen-bond acceptors (Lipinski definition) is 3. The summed E-state index contributed by atoms with van der Waals surface area (Å²) >= 11 is 1.69. The Kier molecular flexibility index (Phi) is 2.26. The van der Waals surface area contributed by atoms with Crippen molar-refractivity contribution in [3.05, 3.63) is 47.4 Å². The van der Waals surface area contributed by atoms with E-state index in [4.69, 9.17) is 4.74 Å². The van der Waals surface area contributed by atoms with Gasteiger partial charge in [-0.25, -0.2) is 4.79 Å². The second-order valence-corrected chi connectivity index (χ2v) is 4.87. The molecule has 1 atom stereocenters. The zero-order chi connectivity index (χ0) is 11.0. The first-order valence-electron chi connectivity index (χ1n) is 5.18. The number of cyclic esters (lactones) is 1. The normalized spacial score (nSPS) is 20.0. The largest absolute Gasteiger partial charge is 0.453 e. The van der Waals surface area contributed by atoms with E-state index in [9.17, 15) is 4.79 Å². The van der Waals surface area contributed by atoms with Crippen LogP contribution in [-0.2, 0) is 9.53 Å². The molecule has 1 aliphatic rings. The van der Waals surface area contributed by atoms with Gasteiger partial charge in [-0.3, -0.25) is 0 Å². The number of esters is 1. The van der Waals surface area contributed by atoms with Crippen molar-refractivity contribution >= 4 is 27.4 Å². The van der Waals surface area contributed by atoms with Crippen molar-refractivity contribution in [2.24, 2.45) is 0 Å². The third kappa shape index (κ3) is 1.63. The molecule has 16 heavy (non-hydrogen) atoms. The first-order chi connectivity index (χ1) is 7.83. The molecule has 1 unspecified atom stereocenters. The molecule has 1 aromatic heterocycles. The van der Waals surface area contributed by atoms with E-state index in [-0.39, 0.29) is 12.1 Å². The summed E-state index contributed by atoms with van der Waals surface area (Å²) < 4.78 is 6.53. The second kappa shape index (κ2) is 3.76. The predicted octanol–water partition coefficient (Wildman–Crippen LogP) is 3.45. The van der Waals surface area contributed by atoms with E-state index in [1.54, 1.807) is 11.3 Å². The van der Waals surface area contributed by atoms with Crippen LogP contribution in [0.15, 0.2) is 42.5 Å². The molecule has 2 nitrogen and oxygen atoms in total. The summed E-state index contributed by atoms with van der Waals surface area (Å²) in [5.41, 5.74) is 0. The van der Waals surface area contributed by atoms with E-state index < -0.39 is 0 Å². The minimum Gasteiger partial charge on any atom is -0.453 e. The highest BCUT2D eigenvalue weighted by atomic mass is 32.1. The summed E-state index contributed by atoms with van der Waals surface area (Å²) in [6.45, 7) is 0. The molecule has 0 saturated heterocycles. The molecule has 0 N–H and O–H groups in total. The minimum absolute atomic E-state index is 0.102. The van der Waals surface area contributed by atoms with Gasteiger partial charge in [-0.15, -0.1) is 11.3 Å². The van der Waals surface area contributed by atoms with Gasteiger partial charge in [-0.1, -0.05) is 24.3 Å². The first-order valence-corrected chi connectivity index (χ1v) is 6.00. The Morgan fingerprint density at radius 3 is 3.00 bits per heavy atom. The SMILES string of the molecule is O=C1C=CCC(c2cc3ccccc3s2)O1. The highest BCUT2D eigenvalue weighted by Crippen LogP contribution is 2.34. The minimum atomic E-state index is -0.242. The van der Waals surface area contributed by atoms with Gasteiger partial charge in [-0.2, -0.15) is 0 Å². The van der Waals surface area contributed by atoms with Gasteiger partial charge in [0.25, 0.3) is 0 Å². The van der Waals surface area contributed by atoms with Crippen LogP contribution in [0.5, 0.6) is 0 Å². The molecular weight excluding hydrogens is 220 g/mol. The van der Waals surface area contributed by atoms with E-state index >= 15 is 0 Å². The maximum atomic E-state index is 11.2. The zero-order valence-electron chi connectivity index (χ0n) is 8.55. The van der Waals surface area contributed by atoms with E-state index in [1.165, 1.54) is 16.2 Å². The van der Waals surface area contributed by atoms with Crippen LogP contribution in [0.1, 0.15) is 17.4 Å². The monoisotopic (exact) mass is 230 g/mol. The lowest BCUT2D eigenvalue weighted by Gasteiger charge is -2.16. The summed E-state index contributed by atoms with van der Waals surface area (Å²) in [7, 11) is 0. The van der Waals surface area contributed by atoms with Crippen molar-refractivity contribution in [1.82, 2.24) is 0 Å². The molecule has 1 aromatic carbocycles. The van der Waals surface area contributed by atoms with Crippen LogP contribution in [0.3, 0.4) is 0 Å². The number of thiophene rings is 1. The van der Waals surface area contributed by atoms with Gasteiger partial charge in [0.05, 0.1) is 0 Å². The summed E-state index contributed by atoms with van der Waals surface area (Å²) in [5, 5.41) is 1.22. The Morgan fingerprint density at radius 1 is 1.31 bits per heavy atom. The third-order valence-electron chi connectivity index (χ3n) is 2.62. The number of hydrogen-bond donors (Lipinski definition) is 0. The molecule has 3 rings (SSSR count). The lowest BCUT2D eigenvalue weighted by Crippen LogP contribution is -2.11. The molecule has 0 saturated carbocycles. The Bertz CT molecular complexity index is 535. The van der Waals surface area contributed by atoms with E-state index in [0.717, 1.165) is 11.3 Å². The fourth-order valence-electron chi connectivity index (χ4n) is 1.85. The van der Waals surface area contributed by atoms with Crippen LogP contribution < -0.4 is 0 Å². The van der Waals surface area contributed by atoms with Crippen molar-refractivity contribution in [2.45, 2.75) is 12.5 Å². The number of carbonyl (C=O) groups is 1. The summed E-state index contributed by atoms with van der Waals surface area (Å²) in [6, 6.07) is 10.3. The van der Waals surface area contributed by atoms with Gasteiger partial charge in [0.15, 0.2) is 0 Å². The standard InChI is InChI=1S/C13H10O2S/c14-13-7-3-5-10(15-13)12-8-9-4-1-2-6-11(9)16-12/h1-4,6-8,10H,5H2. The van der Waals surface area contributed by atoms with Crippen LogP contribution in [0, 0.1) is 0 Å². The Balaban J connectivity index is 2.00. The smallest absolute Gasteiger partial charge is 0.331 e. The van der Waals surface area contributed by atoms with E-state index in [1.807, 2.05) is 18.2 Å². The number of benzene rings is 1. The lowest BCUT2D eigenvalue weighted by molar-refractivity contribution is -0.144. The van der Waals surface area contributed by atoms with Gasteiger partial charge < -0.3 is 4.74 Å². The summed E-state index contributed by atoms with van der Waals surface area (Å²) in [5.74, 6) is -0.242. The number of carbonyl (C=O) groups excluding carboxylic acids is 1. The molecule has 0 aliphatic carbocycles. The topological polar surface area (TPSA) is 26.3 Å². The average Bonchev–Trinajstić information content (AvgIpc) is 2.72. The molecule has 1 aliphatic heterocycles. The highest BCUT2D eigenvalue weighted by molar-refractivity contribution is 7.19. The molecular formula is C13H10O2S. The Labute approximate surface area is 97.2 Å². The number of fused-ring (bicyclic) bond motifs is 1. The fraction of sp³-hybridized carbons (Fsp3) is 0.154. The molecule has 0 radical (unpaired) electrons. The molecule has 3 heteroatoms. The van der Waals surface area contributed by atoms with Gasteiger partial charge in [0, 0.05) is 22.1 Å². The Hall–Kier alpha value is -1.61. The summed E-state index contributed by atoms with van der Waals surface area (Å²) in [4.78, 5) is 12.3. The highest BCUT2D eigenvalue weighted by Gasteiger charge is 2.19. The molecule has 2 aromatic rings. The molecule has 0 spiro atoms. The van der Waals surface area contributed by atoms with Gasteiger partial charge >= 0.3 is 5.97 Å². The van der Waals surface area contributed by atoms with Crippen LogP contribution in [0.4, 0.5) is 0 Å². The molecule has 0 amide bonds. The van der Waals surface area contributed by atoms with Crippen molar-refractivity contribution < 1.29 is 9.53 Å². The maximum Gasteiger partial charge on any atom is 0.331 e. The first kappa shape index (κ1) is 9.60. The van der Waals surface area contributed by atoms with Crippen LogP contribution >= 0.6 is 11.3 Å². The quantitative estimate of drug-likeness (QED) is 0.701. The van der Waals surface area contributed by atoms with E-state index in [2.05, 4.69) is 18.2 Å². The average molecular weight is 230 g/mol. The van der Waals surface area contributed by atoms with Crippen molar-refractivity contribution in [2.75, 3.05) is 0 Å². The van der Waals surface area contributed by atoms with Crippen LogP contribution in [0.25, 0.3) is 10.1 Å². The Morgan fingerprint density at radius 2 is 2.19 bits per heavy atom. The molecule has 0 bridgehead atoms. The summed E-state index contributed by atoms with van der Waals surface area (Å²) in [6.07, 6.45) is 4.04. The van der Waals surface area contributed by atoms with Crippen molar-refractivity contribution in [1.29, 1.82) is 0 Å². The van der Waals surface area contributed by atoms with Gasteiger partial charge in [0.2, 0.25) is 0 Å². The molecule has 80 valence electrons. The van der Waals surface area contributed by atoms with Crippen LogP contribution in [-0.4, -0.2) is 5.97 Å². The van der Waals surface area contributed by atoms with Crippen molar-refractivity contribution in [3.8, 4) is 0 Å². The van der Waals surface area contributed by atoms with Gasteiger partial charge in [-0.05, 0) is 17.5 Å². The fourth-order valence-corrected chi connectivity index (χ4v) is 2.96. The predicted molar refractivity (Wildman–Crippen MR) is 64.4 cm³/mol. The lowest BCUT2D eigenvalue weighted by atomic mass is 10.1. The second-order valence-electron chi connectivity index (χ2n) is 3.75. The van der Waals surface area contributed by atoms with E-state index in [0.29, 0.717) is 0 Å². The maximum absolute atomic E-state index is 11.2. The zero-order valence-corrected chi connectivity index (χ0v) is 9.37. The van der Waals surface area contributed by atoms with Gasteiger partial charge in [0.1, 0.15) is 6.10 Å². The third-order valence-corrected chi connectivity index (χ3v) is 3.83. The molecule has 0 fully saturated rings. The number of rotatable bonds is 1. The number of ether oxygens (including phenoxy) is 1. The molecule has 2 heterocycles. The van der Waals surface area contributed by atoms with Crippen molar-refractivity contribution in [3.63, 3.8) is 0 Å². The van der Waals surface area contributed by atoms with Crippen LogP contribution in [0.2, 0.25) is 0 Å².